The predicted octanol–water partition coefficient (Wildman–Crippen LogP) is 2.32. The van der Waals surface area contributed by atoms with E-state index in [1.54, 1.807) is 45.0 Å². The number of para-hydroxylation sites is 1. The van der Waals surface area contributed by atoms with E-state index in [0.717, 1.165) is 0 Å². The van der Waals surface area contributed by atoms with Gasteiger partial charge in [-0.2, -0.15) is 0 Å². The minimum atomic E-state index is -0.898. The summed E-state index contributed by atoms with van der Waals surface area (Å²) in [4.78, 5) is 34.6. The number of Topliss-reactive ketones (excluding diaryl/α,β-unsaturated/α-hetero) is 1. The van der Waals surface area contributed by atoms with Crippen molar-refractivity contribution in [3.63, 3.8) is 0 Å². The van der Waals surface area contributed by atoms with Crippen molar-refractivity contribution in [2.75, 3.05) is 5.32 Å². The molecule has 20 heavy (non-hydrogen) atoms. The van der Waals surface area contributed by atoms with Crippen molar-refractivity contribution in [1.29, 1.82) is 0 Å². The maximum atomic E-state index is 11.6. The first kappa shape index (κ1) is 15.9. The summed E-state index contributed by atoms with van der Waals surface area (Å²) in [6.45, 7) is 5.04. The van der Waals surface area contributed by atoms with Gasteiger partial charge in [-0.1, -0.05) is 18.2 Å². The van der Waals surface area contributed by atoms with Gasteiger partial charge in [-0.3, -0.25) is 9.59 Å². The fourth-order valence-electron chi connectivity index (χ4n) is 1.41. The van der Waals surface area contributed by atoms with Gasteiger partial charge in [0.1, 0.15) is 5.60 Å². The lowest BCUT2D eigenvalue weighted by Gasteiger charge is -2.18. The van der Waals surface area contributed by atoms with Gasteiger partial charge < -0.3 is 10.1 Å². The third-order valence-electron chi connectivity index (χ3n) is 2.26. The standard InChI is InChI=1S/C15H19NO4/c1-15(2,3)20-14(19)12(17)9-10-13(18)16-11-7-5-4-6-8-11/h4-8H,9-10H2,1-3H3,(H,16,18). The molecule has 0 unspecified atom stereocenters. The number of anilines is 1. The number of hydrogen-bond acceptors (Lipinski definition) is 4. The monoisotopic (exact) mass is 277 g/mol. The summed E-state index contributed by atoms with van der Waals surface area (Å²) >= 11 is 0. The van der Waals surface area contributed by atoms with E-state index in [0.29, 0.717) is 5.69 Å². The molecule has 5 heteroatoms. The topological polar surface area (TPSA) is 72.5 Å². The van der Waals surface area contributed by atoms with Gasteiger partial charge in [-0.25, -0.2) is 4.79 Å². The molecule has 0 bridgehead atoms. The molecule has 0 heterocycles. The van der Waals surface area contributed by atoms with Crippen molar-refractivity contribution in [3.8, 4) is 0 Å². The van der Waals surface area contributed by atoms with Gasteiger partial charge >= 0.3 is 5.97 Å². The Hall–Kier alpha value is -2.17. The van der Waals surface area contributed by atoms with Crippen LogP contribution in [0, 0.1) is 0 Å². The Balaban J connectivity index is 2.37. The SMILES string of the molecule is CC(C)(C)OC(=O)C(=O)CCC(=O)Nc1ccccc1. The normalized spacial score (nSPS) is 10.8. The van der Waals surface area contributed by atoms with Gasteiger partial charge in [-0.05, 0) is 32.9 Å². The van der Waals surface area contributed by atoms with E-state index in [1.807, 2.05) is 6.07 Å². The molecule has 0 atom stereocenters. The minimum absolute atomic E-state index is 0.0486. The molecule has 0 aliphatic heterocycles. The summed E-state index contributed by atoms with van der Waals surface area (Å²) in [6.07, 6.45) is -0.208. The minimum Gasteiger partial charge on any atom is -0.454 e. The quantitative estimate of drug-likeness (QED) is 0.662. The number of nitrogens with one attached hydrogen (secondary N) is 1. The van der Waals surface area contributed by atoms with Crippen LogP contribution in [-0.2, 0) is 19.1 Å². The van der Waals surface area contributed by atoms with Gasteiger partial charge in [0.2, 0.25) is 11.7 Å². The molecule has 0 saturated carbocycles. The number of rotatable bonds is 5. The highest BCUT2D eigenvalue weighted by atomic mass is 16.6. The maximum Gasteiger partial charge on any atom is 0.375 e. The largest absolute Gasteiger partial charge is 0.454 e. The highest BCUT2D eigenvalue weighted by Gasteiger charge is 2.23. The lowest BCUT2D eigenvalue weighted by molar-refractivity contribution is -0.162. The molecule has 0 fully saturated rings. The predicted molar refractivity (Wildman–Crippen MR) is 75.2 cm³/mol. The summed E-state index contributed by atoms with van der Waals surface area (Å²) < 4.78 is 4.93. The number of carbonyl (C=O) groups excluding carboxylic acids is 3. The molecule has 108 valence electrons. The van der Waals surface area contributed by atoms with Crippen LogP contribution in [0.4, 0.5) is 5.69 Å². The Labute approximate surface area is 118 Å². The zero-order chi connectivity index (χ0) is 15.2. The van der Waals surface area contributed by atoms with E-state index in [2.05, 4.69) is 5.32 Å². The Morgan fingerprint density at radius 2 is 1.65 bits per heavy atom. The first-order valence-corrected chi connectivity index (χ1v) is 6.39. The third kappa shape index (κ3) is 6.13. The molecule has 1 aromatic carbocycles. The highest BCUT2D eigenvalue weighted by Crippen LogP contribution is 2.09. The van der Waals surface area contributed by atoms with E-state index in [4.69, 9.17) is 4.74 Å². The number of hydrogen-bond donors (Lipinski definition) is 1. The molecule has 0 radical (unpaired) electrons. The van der Waals surface area contributed by atoms with Crippen LogP contribution in [0.25, 0.3) is 0 Å². The van der Waals surface area contributed by atoms with E-state index in [9.17, 15) is 14.4 Å². The Morgan fingerprint density at radius 3 is 2.20 bits per heavy atom. The fourth-order valence-corrected chi connectivity index (χ4v) is 1.41. The van der Waals surface area contributed by atoms with Crippen molar-refractivity contribution in [2.24, 2.45) is 0 Å². The van der Waals surface area contributed by atoms with E-state index in [-0.39, 0.29) is 18.7 Å². The smallest absolute Gasteiger partial charge is 0.375 e. The average molecular weight is 277 g/mol. The molecule has 0 spiro atoms. The molecule has 1 amide bonds. The van der Waals surface area contributed by atoms with Gasteiger partial charge in [-0.15, -0.1) is 0 Å². The summed E-state index contributed by atoms with van der Waals surface area (Å²) in [5.41, 5.74) is -0.0545. The molecule has 0 saturated heterocycles. The van der Waals surface area contributed by atoms with Crippen molar-refractivity contribution in [2.45, 2.75) is 39.2 Å². The van der Waals surface area contributed by atoms with E-state index in [1.165, 1.54) is 0 Å². The number of ketones is 1. The molecule has 0 aliphatic carbocycles. The first-order chi connectivity index (χ1) is 9.28. The second-order valence-electron chi connectivity index (χ2n) is 5.34. The molecule has 0 aliphatic rings. The molecule has 1 aromatic rings. The Bertz CT molecular complexity index is 488. The van der Waals surface area contributed by atoms with E-state index < -0.39 is 17.4 Å². The zero-order valence-electron chi connectivity index (χ0n) is 11.9. The molecule has 5 nitrogen and oxygen atoms in total. The number of benzene rings is 1. The summed E-state index contributed by atoms with van der Waals surface area (Å²) in [6, 6.07) is 8.91. The van der Waals surface area contributed by atoms with Crippen LogP contribution >= 0.6 is 0 Å². The van der Waals surface area contributed by atoms with Crippen molar-refractivity contribution in [3.05, 3.63) is 30.3 Å². The van der Waals surface area contributed by atoms with Crippen LogP contribution in [0.5, 0.6) is 0 Å². The average Bonchev–Trinajstić information content (AvgIpc) is 2.35. The fraction of sp³-hybridized carbons (Fsp3) is 0.400. The summed E-state index contributed by atoms with van der Waals surface area (Å²) in [7, 11) is 0. The number of esters is 1. The first-order valence-electron chi connectivity index (χ1n) is 6.39. The van der Waals surface area contributed by atoms with Crippen molar-refractivity contribution in [1.82, 2.24) is 0 Å². The van der Waals surface area contributed by atoms with Crippen molar-refractivity contribution >= 4 is 23.3 Å². The van der Waals surface area contributed by atoms with Crippen LogP contribution < -0.4 is 5.32 Å². The van der Waals surface area contributed by atoms with Gasteiger partial charge in [0.15, 0.2) is 0 Å². The second kappa shape index (κ2) is 6.84. The second-order valence-corrected chi connectivity index (χ2v) is 5.34. The third-order valence-corrected chi connectivity index (χ3v) is 2.26. The van der Waals surface area contributed by atoms with Crippen LogP contribution in [0.2, 0.25) is 0 Å². The number of ether oxygens (including phenoxy) is 1. The number of carbonyl (C=O) groups is 3. The van der Waals surface area contributed by atoms with Crippen LogP contribution in [0.15, 0.2) is 30.3 Å². The van der Waals surface area contributed by atoms with Crippen molar-refractivity contribution < 1.29 is 19.1 Å². The maximum absolute atomic E-state index is 11.6. The van der Waals surface area contributed by atoms with Gasteiger partial charge in [0.25, 0.3) is 0 Å². The van der Waals surface area contributed by atoms with Crippen LogP contribution in [0.3, 0.4) is 0 Å². The van der Waals surface area contributed by atoms with Crippen LogP contribution in [0.1, 0.15) is 33.6 Å². The molecular weight excluding hydrogens is 258 g/mol. The molecule has 1 rings (SSSR count). The number of amides is 1. The van der Waals surface area contributed by atoms with Gasteiger partial charge in [0.05, 0.1) is 0 Å². The summed E-state index contributed by atoms with van der Waals surface area (Å²) in [5, 5.41) is 2.64. The molecule has 1 N–H and O–H groups in total. The van der Waals surface area contributed by atoms with E-state index >= 15 is 0 Å². The van der Waals surface area contributed by atoms with Gasteiger partial charge in [0, 0.05) is 18.5 Å². The lowest BCUT2D eigenvalue weighted by atomic mass is 10.1. The Morgan fingerprint density at radius 1 is 1.05 bits per heavy atom. The molecule has 0 aromatic heterocycles. The molecular formula is C15H19NO4. The van der Waals surface area contributed by atoms with Crippen LogP contribution in [-0.4, -0.2) is 23.3 Å². The Kier molecular flexibility index (Phi) is 5.43. The summed E-state index contributed by atoms with van der Waals surface area (Å²) in [5.74, 6) is -1.90. The zero-order valence-corrected chi connectivity index (χ0v) is 11.9. The lowest BCUT2D eigenvalue weighted by Crippen LogP contribution is -2.29. The highest BCUT2D eigenvalue weighted by molar-refractivity contribution is 6.34.